The van der Waals surface area contributed by atoms with Crippen molar-refractivity contribution in [3.05, 3.63) is 18.2 Å². The van der Waals surface area contributed by atoms with Crippen LogP contribution in [0.3, 0.4) is 0 Å². The van der Waals surface area contributed by atoms with E-state index in [1.165, 1.54) is 12.8 Å². The maximum Gasteiger partial charge on any atom is 0.408 e. The van der Waals surface area contributed by atoms with Crippen molar-refractivity contribution in [1.82, 2.24) is 14.9 Å². The summed E-state index contributed by atoms with van der Waals surface area (Å²) in [6.07, 6.45) is 5.64. The number of nitrogens with zero attached hydrogens (tertiary/aromatic N) is 2. The van der Waals surface area contributed by atoms with Gasteiger partial charge < -0.3 is 14.6 Å². The largest absolute Gasteiger partial charge is 0.444 e. The normalized spacial score (nSPS) is 22.6. The molecule has 0 saturated heterocycles. The average molecular weight is 293 g/mol. The van der Waals surface area contributed by atoms with Crippen molar-refractivity contribution in [2.75, 3.05) is 0 Å². The Labute approximate surface area is 127 Å². The van der Waals surface area contributed by atoms with Crippen LogP contribution in [0.2, 0.25) is 0 Å². The molecule has 0 unspecified atom stereocenters. The minimum Gasteiger partial charge on any atom is -0.444 e. The number of hydrogen-bond donors (Lipinski definition) is 1. The Hall–Kier alpha value is -1.52. The third-order valence-electron chi connectivity index (χ3n) is 3.86. The average Bonchev–Trinajstić information content (AvgIpc) is 2.69. The van der Waals surface area contributed by atoms with Crippen LogP contribution in [0.5, 0.6) is 0 Å². The molecule has 1 aromatic heterocycles. The number of imidazole rings is 1. The molecule has 21 heavy (non-hydrogen) atoms. The molecule has 5 heteroatoms. The lowest BCUT2D eigenvalue weighted by molar-refractivity contribution is 0.0463. The molecule has 1 amide bonds. The van der Waals surface area contributed by atoms with E-state index in [-0.39, 0.29) is 0 Å². The molecule has 1 aliphatic carbocycles. The number of ether oxygens (including phenoxy) is 1. The Morgan fingerprint density at radius 3 is 2.48 bits per heavy atom. The quantitative estimate of drug-likeness (QED) is 0.926. The van der Waals surface area contributed by atoms with E-state index in [0.717, 1.165) is 11.6 Å². The van der Waals surface area contributed by atoms with Crippen LogP contribution in [-0.2, 0) is 10.3 Å². The molecule has 5 nitrogen and oxygen atoms in total. The van der Waals surface area contributed by atoms with Gasteiger partial charge >= 0.3 is 6.09 Å². The fourth-order valence-corrected chi connectivity index (χ4v) is 2.79. The first-order valence-electron chi connectivity index (χ1n) is 7.62. The van der Waals surface area contributed by atoms with E-state index in [4.69, 9.17) is 4.74 Å². The van der Waals surface area contributed by atoms with Gasteiger partial charge in [0.25, 0.3) is 0 Å². The predicted octanol–water partition coefficient (Wildman–Crippen LogP) is 3.61. The van der Waals surface area contributed by atoms with E-state index >= 15 is 0 Å². The molecule has 1 heterocycles. The summed E-state index contributed by atoms with van der Waals surface area (Å²) in [5.41, 5.74) is 0.00633. The van der Waals surface area contributed by atoms with Crippen molar-refractivity contribution in [3.63, 3.8) is 0 Å². The SMILES string of the molecule is CC1CC(n2cncc2C(C)(C)NC(=O)OC(C)(C)C)C1. The Kier molecular flexibility index (Phi) is 4.04. The van der Waals surface area contributed by atoms with Gasteiger partial charge in [0.05, 0.1) is 23.8 Å². The fraction of sp³-hybridized carbons (Fsp3) is 0.750. The molecular formula is C16H27N3O2. The van der Waals surface area contributed by atoms with Crippen LogP contribution < -0.4 is 5.32 Å². The van der Waals surface area contributed by atoms with Crippen LogP contribution in [0.15, 0.2) is 12.5 Å². The summed E-state index contributed by atoms with van der Waals surface area (Å²) in [5, 5.41) is 2.95. The second-order valence-corrected chi connectivity index (χ2v) is 7.67. The number of nitrogens with one attached hydrogen (secondary N) is 1. The van der Waals surface area contributed by atoms with E-state index in [0.29, 0.717) is 6.04 Å². The molecule has 1 N–H and O–H groups in total. The zero-order valence-corrected chi connectivity index (χ0v) is 13.9. The maximum absolute atomic E-state index is 12.0. The van der Waals surface area contributed by atoms with Crippen molar-refractivity contribution in [3.8, 4) is 0 Å². The van der Waals surface area contributed by atoms with Crippen molar-refractivity contribution in [1.29, 1.82) is 0 Å². The molecule has 1 saturated carbocycles. The third kappa shape index (κ3) is 3.77. The molecule has 2 rings (SSSR count). The number of carbonyl (C=O) groups is 1. The monoisotopic (exact) mass is 293 g/mol. The summed E-state index contributed by atoms with van der Waals surface area (Å²) in [7, 11) is 0. The summed E-state index contributed by atoms with van der Waals surface area (Å²) in [6, 6.07) is 0.497. The van der Waals surface area contributed by atoms with Crippen LogP contribution >= 0.6 is 0 Å². The standard InChI is InChI=1S/C16H27N3O2/c1-11-7-12(8-11)19-10-17-9-13(19)16(5,6)18-14(20)21-15(2,3)4/h9-12H,7-8H2,1-6H3,(H,18,20). The highest BCUT2D eigenvalue weighted by Gasteiger charge is 2.34. The second kappa shape index (κ2) is 5.35. The number of hydrogen-bond acceptors (Lipinski definition) is 3. The Balaban J connectivity index is 2.09. The van der Waals surface area contributed by atoms with Gasteiger partial charge in [-0.2, -0.15) is 0 Å². The van der Waals surface area contributed by atoms with Crippen LogP contribution in [0.4, 0.5) is 4.79 Å². The van der Waals surface area contributed by atoms with Gasteiger partial charge in [0, 0.05) is 6.04 Å². The molecule has 1 aromatic rings. The zero-order valence-electron chi connectivity index (χ0n) is 13.9. The van der Waals surface area contributed by atoms with E-state index in [1.54, 1.807) is 0 Å². The van der Waals surface area contributed by atoms with Gasteiger partial charge in [0.1, 0.15) is 5.60 Å². The van der Waals surface area contributed by atoms with Gasteiger partial charge in [0.2, 0.25) is 0 Å². The molecule has 1 aliphatic rings. The zero-order chi connectivity index (χ0) is 15.8. The van der Waals surface area contributed by atoms with Crippen molar-refractivity contribution in [2.45, 2.75) is 71.6 Å². The number of carbonyl (C=O) groups excluding carboxylic acids is 1. The molecule has 0 aromatic carbocycles. The van der Waals surface area contributed by atoms with Gasteiger partial charge in [-0.15, -0.1) is 0 Å². The van der Waals surface area contributed by atoms with E-state index in [9.17, 15) is 4.79 Å². The highest BCUT2D eigenvalue weighted by atomic mass is 16.6. The molecule has 118 valence electrons. The van der Waals surface area contributed by atoms with Gasteiger partial charge in [-0.1, -0.05) is 6.92 Å². The van der Waals surface area contributed by atoms with Crippen LogP contribution in [0.25, 0.3) is 0 Å². The maximum atomic E-state index is 12.0. The minimum absolute atomic E-state index is 0.401. The molecule has 0 spiro atoms. The lowest BCUT2D eigenvalue weighted by Gasteiger charge is -2.37. The van der Waals surface area contributed by atoms with Gasteiger partial charge in [-0.3, -0.25) is 0 Å². The third-order valence-corrected chi connectivity index (χ3v) is 3.86. The summed E-state index contributed by atoms with van der Waals surface area (Å²) < 4.78 is 7.54. The first-order valence-corrected chi connectivity index (χ1v) is 7.62. The van der Waals surface area contributed by atoms with Crippen LogP contribution in [0.1, 0.15) is 66.1 Å². The Morgan fingerprint density at radius 1 is 1.33 bits per heavy atom. The summed E-state index contributed by atoms with van der Waals surface area (Å²) in [4.78, 5) is 16.3. The van der Waals surface area contributed by atoms with E-state index < -0.39 is 17.2 Å². The fourth-order valence-electron chi connectivity index (χ4n) is 2.79. The van der Waals surface area contributed by atoms with Crippen molar-refractivity contribution in [2.24, 2.45) is 5.92 Å². The Bertz CT molecular complexity index is 508. The lowest BCUT2D eigenvalue weighted by Crippen LogP contribution is -2.45. The van der Waals surface area contributed by atoms with Gasteiger partial charge in [0.15, 0.2) is 0 Å². The topological polar surface area (TPSA) is 56.2 Å². The van der Waals surface area contributed by atoms with Crippen molar-refractivity contribution < 1.29 is 9.53 Å². The Morgan fingerprint density at radius 2 is 1.95 bits per heavy atom. The molecule has 1 fully saturated rings. The highest BCUT2D eigenvalue weighted by Crippen LogP contribution is 2.39. The summed E-state index contributed by atoms with van der Waals surface area (Å²) >= 11 is 0. The summed E-state index contributed by atoms with van der Waals surface area (Å²) in [6.45, 7) is 11.8. The second-order valence-electron chi connectivity index (χ2n) is 7.67. The number of rotatable bonds is 3. The first kappa shape index (κ1) is 15.9. The first-order chi connectivity index (χ1) is 9.58. The lowest BCUT2D eigenvalue weighted by atomic mass is 9.81. The van der Waals surface area contributed by atoms with Crippen LogP contribution in [0, 0.1) is 5.92 Å². The van der Waals surface area contributed by atoms with E-state index in [2.05, 4.69) is 21.8 Å². The van der Waals surface area contributed by atoms with Crippen LogP contribution in [-0.4, -0.2) is 21.2 Å². The van der Waals surface area contributed by atoms with Gasteiger partial charge in [-0.05, 0) is 53.4 Å². The van der Waals surface area contributed by atoms with Crippen molar-refractivity contribution >= 4 is 6.09 Å². The molecule has 0 aliphatic heterocycles. The minimum atomic E-state index is -0.516. The molecule has 0 radical (unpaired) electrons. The number of aromatic nitrogens is 2. The molecule has 0 atom stereocenters. The highest BCUT2D eigenvalue weighted by molar-refractivity contribution is 5.68. The number of amides is 1. The summed E-state index contributed by atoms with van der Waals surface area (Å²) in [5.74, 6) is 0.771. The molecule has 0 bridgehead atoms. The molecular weight excluding hydrogens is 266 g/mol. The van der Waals surface area contributed by atoms with E-state index in [1.807, 2.05) is 47.1 Å². The van der Waals surface area contributed by atoms with Gasteiger partial charge in [-0.25, -0.2) is 9.78 Å². The predicted molar refractivity (Wildman–Crippen MR) is 82.1 cm³/mol. The number of alkyl carbamates (subject to hydrolysis) is 1. The smallest absolute Gasteiger partial charge is 0.408 e.